The SMILES string of the molecule is CCCn1cc(-c2cc(Cl)n[nH]c2=O)cn1. The summed E-state index contributed by atoms with van der Waals surface area (Å²) in [7, 11) is 0. The summed E-state index contributed by atoms with van der Waals surface area (Å²) in [6.07, 6.45) is 4.47. The van der Waals surface area contributed by atoms with Crippen LogP contribution in [0.2, 0.25) is 5.15 Å². The van der Waals surface area contributed by atoms with E-state index in [9.17, 15) is 4.79 Å². The van der Waals surface area contributed by atoms with Gasteiger partial charge in [0.05, 0.1) is 11.8 Å². The average Bonchev–Trinajstić information content (AvgIpc) is 2.71. The van der Waals surface area contributed by atoms with E-state index in [2.05, 4.69) is 22.2 Å². The largest absolute Gasteiger partial charge is 0.272 e. The van der Waals surface area contributed by atoms with Crippen molar-refractivity contribution in [2.24, 2.45) is 0 Å². The van der Waals surface area contributed by atoms with E-state index in [0.29, 0.717) is 5.56 Å². The monoisotopic (exact) mass is 238 g/mol. The molecule has 0 aliphatic heterocycles. The molecule has 2 aromatic rings. The van der Waals surface area contributed by atoms with Crippen molar-refractivity contribution in [1.82, 2.24) is 20.0 Å². The summed E-state index contributed by atoms with van der Waals surface area (Å²) in [4.78, 5) is 11.5. The Hall–Kier alpha value is -1.62. The molecule has 0 fully saturated rings. The van der Waals surface area contributed by atoms with Crippen LogP contribution in [0, 0.1) is 0 Å². The van der Waals surface area contributed by atoms with E-state index < -0.39 is 0 Å². The van der Waals surface area contributed by atoms with Crippen LogP contribution in [0.25, 0.3) is 11.1 Å². The second-order valence-electron chi connectivity index (χ2n) is 3.43. The predicted molar refractivity (Wildman–Crippen MR) is 61.4 cm³/mol. The highest BCUT2D eigenvalue weighted by Gasteiger charge is 2.07. The second-order valence-corrected chi connectivity index (χ2v) is 3.81. The summed E-state index contributed by atoms with van der Waals surface area (Å²) >= 11 is 5.73. The van der Waals surface area contributed by atoms with Gasteiger partial charge in [0.15, 0.2) is 0 Å². The van der Waals surface area contributed by atoms with Gasteiger partial charge in [-0.25, -0.2) is 5.10 Å². The number of nitrogens with zero attached hydrogens (tertiary/aromatic N) is 3. The summed E-state index contributed by atoms with van der Waals surface area (Å²) in [6.45, 7) is 2.90. The fourth-order valence-corrected chi connectivity index (χ4v) is 1.60. The normalized spacial score (nSPS) is 10.6. The van der Waals surface area contributed by atoms with Crippen LogP contribution < -0.4 is 5.56 Å². The molecule has 0 aliphatic carbocycles. The number of nitrogens with one attached hydrogen (secondary N) is 1. The van der Waals surface area contributed by atoms with E-state index in [-0.39, 0.29) is 10.7 Å². The van der Waals surface area contributed by atoms with Gasteiger partial charge in [0.1, 0.15) is 5.15 Å². The minimum atomic E-state index is -0.263. The maximum absolute atomic E-state index is 11.5. The Kier molecular flexibility index (Phi) is 3.05. The summed E-state index contributed by atoms with van der Waals surface area (Å²) in [5.74, 6) is 0. The number of aromatic nitrogens is 4. The van der Waals surface area contributed by atoms with Crippen molar-refractivity contribution in [2.45, 2.75) is 19.9 Å². The van der Waals surface area contributed by atoms with Crippen LogP contribution in [0.4, 0.5) is 0 Å². The van der Waals surface area contributed by atoms with Crippen LogP contribution >= 0.6 is 11.6 Å². The Morgan fingerprint density at radius 2 is 2.38 bits per heavy atom. The zero-order valence-corrected chi connectivity index (χ0v) is 9.53. The third-order valence-electron chi connectivity index (χ3n) is 2.17. The fourth-order valence-electron chi connectivity index (χ4n) is 1.45. The molecular formula is C10H11ClN4O. The quantitative estimate of drug-likeness (QED) is 0.885. The maximum atomic E-state index is 11.5. The van der Waals surface area contributed by atoms with E-state index in [0.717, 1.165) is 18.5 Å². The number of hydrogen-bond donors (Lipinski definition) is 1. The van der Waals surface area contributed by atoms with Crippen LogP contribution in [0.5, 0.6) is 0 Å². The molecule has 16 heavy (non-hydrogen) atoms. The summed E-state index contributed by atoms with van der Waals surface area (Å²) in [5, 5.41) is 10.4. The standard InChI is InChI=1S/C10H11ClN4O/c1-2-3-15-6-7(5-12-15)8-4-9(11)13-14-10(8)16/h4-6H,2-3H2,1H3,(H,14,16). The third kappa shape index (κ3) is 2.14. The zero-order chi connectivity index (χ0) is 11.5. The first-order valence-corrected chi connectivity index (χ1v) is 5.36. The van der Waals surface area contributed by atoms with Crippen molar-refractivity contribution in [3.8, 4) is 11.1 Å². The molecule has 2 rings (SSSR count). The molecule has 0 radical (unpaired) electrons. The molecule has 0 spiro atoms. The molecule has 0 saturated heterocycles. The Morgan fingerprint density at radius 1 is 1.56 bits per heavy atom. The van der Waals surface area contributed by atoms with Gasteiger partial charge in [0.2, 0.25) is 0 Å². The van der Waals surface area contributed by atoms with Gasteiger partial charge in [-0.1, -0.05) is 18.5 Å². The van der Waals surface area contributed by atoms with Crippen LogP contribution in [0.1, 0.15) is 13.3 Å². The van der Waals surface area contributed by atoms with E-state index >= 15 is 0 Å². The van der Waals surface area contributed by atoms with Gasteiger partial charge < -0.3 is 0 Å². The molecule has 1 N–H and O–H groups in total. The maximum Gasteiger partial charge on any atom is 0.272 e. The lowest BCUT2D eigenvalue weighted by Crippen LogP contribution is -2.10. The van der Waals surface area contributed by atoms with Crippen LogP contribution in [0.15, 0.2) is 23.3 Å². The van der Waals surface area contributed by atoms with Crippen molar-refractivity contribution >= 4 is 11.6 Å². The smallest absolute Gasteiger partial charge is 0.272 e. The Labute approximate surface area is 97.1 Å². The van der Waals surface area contributed by atoms with Crippen molar-refractivity contribution in [3.05, 3.63) is 34.0 Å². The van der Waals surface area contributed by atoms with Crippen molar-refractivity contribution in [1.29, 1.82) is 0 Å². The summed E-state index contributed by atoms with van der Waals surface area (Å²) in [6, 6.07) is 1.54. The van der Waals surface area contributed by atoms with E-state index in [4.69, 9.17) is 11.6 Å². The first-order chi connectivity index (χ1) is 7.70. The van der Waals surface area contributed by atoms with Gasteiger partial charge in [-0.2, -0.15) is 10.2 Å². The molecule has 2 aromatic heterocycles. The lowest BCUT2D eigenvalue weighted by Gasteiger charge is -1.96. The number of aromatic amines is 1. The molecule has 84 valence electrons. The molecule has 0 saturated carbocycles. The predicted octanol–water partition coefficient (Wildman–Crippen LogP) is 1.70. The van der Waals surface area contributed by atoms with Gasteiger partial charge in [0, 0.05) is 18.3 Å². The van der Waals surface area contributed by atoms with Gasteiger partial charge in [-0.05, 0) is 12.5 Å². The molecule has 0 bridgehead atoms. The first-order valence-electron chi connectivity index (χ1n) is 4.98. The van der Waals surface area contributed by atoms with E-state index in [1.165, 1.54) is 6.07 Å². The van der Waals surface area contributed by atoms with Crippen LogP contribution in [-0.2, 0) is 6.54 Å². The molecule has 5 nitrogen and oxygen atoms in total. The number of aryl methyl sites for hydroxylation is 1. The lowest BCUT2D eigenvalue weighted by molar-refractivity contribution is 0.603. The number of H-pyrrole nitrogens is 1. The molecule has 0 unspecified atom stereocenters. The number of hydrogen-bond acceptors (Lipinski definition) is 3. The molecule has 0 aromatic carbocycles. The molecule has 0 atom stereocenters. The Morgan fingerprint density at radius 3 is 3.12 bits per heavy atom. The zero-order valence-electron chi connectivity index (χ0n) is 8.77. The topological polar surface area (TPSA) is 63.6 Å². The molecule has 0 aliphatic rings. The van der Waals surface area contributed by atoms with Crippen LogP contribution in [-0.4, -0.2) is 20.0 Å². The van der Waals surface area contributed by atoms with Crippen molar-refractivity contribution in [3.63, 3.8) is 0 Å². The second kappa shape index (κ2) is 4.49. The summed E-state index contributed by atoms with van der Waals surface area (Å²) < 4.78 is 1.79. The highest BCUT2D eigenvalue weighted by molar-refractivity contribution is 6.29. The third-order valence-corrected chi connectivity index (χ3v) is 2.36. The fraction of sp³-hybridized carbons (Fsp3) is 0.300. The molecule has 6 heteroatoms. The molecule has 0 amide bonds. The number of rotatable bonds is 3. The highest BCUT2D eigenvalue weighted by Crippen LogP contribution is 2.16. The van der Waals surface area contributed by atoms with Crippen molar-refractivity contribution in [2.75, 3.05) is 0 Å². The highest BCUT2D eigenvalue weighted by atomic mass is 35.5. The van der Waals surface area contributed by atoms with E-state index in [1.54, 1.807) is 10.9 Å². The van der Waals surface area contributed by atoms with E-state index in [1.807, 2.05) is 6.20 Å². The van der Waals surface area contributed by atoms with Gasteiger partial charge >= 0.3 is 0 Å². The van der Waals surface area contributed by atoms with Gasteiger partial charge in [-0.3, -0.25) is 9.48 Å². The lowest BCUT2D eigenvalue weighted by atomic mass is 10.2. The van der Waals surface area contributed by atoms with Gasteiger partial charge in [-0.15, -0.1) is 0 Å². The Bertz CT molecular complexity index is 546. The minimum Gasteiger partial charge on any atom is -0.272 e. The minimum absolute atomic E-state index is 0.262. The van der Waals surface area contributed by atoms with Crippen LogP contribution in [0.3, 0.4) is 0 Å². The molecular weight excluding hydrogens is 228 g/mol. The number of halogens is 1. The van der Waals surface area contributed by atoms with Crippen molar-refractivity contribution < 1.29 is 0 Å². The summed E-state index contributed by atoms with van der Waals surface area (Å²) in [5.41, 5.74) is 0.974. The first kappa shape index (κ1) is 10.9. The Balaban J connectivity index is 2.42. The van der Waals surface area contributed by atoms with Gasteiger partial charge in [0.25, 0.3) is 5.56 Å². The molecule has 2 heterocycles. The average molecular weight is 239 g/mol.